The van der Waals surface area contributed by atoms with Crippen molar-refractivity contribution in [2.24, 2.45) is 5.41 Å². The summed E-state index contributed by atoms with van der Waals surface area (Å²) in [5, 5.41) is 8.97. The standard InChI is InChI=1S/C14H20BrNO4S/c1-9-5-6-10(15)7-11(9)21(19,20)16-12(8-13(17)18)14(2,3)4/h5-7,12,16H,8H2,1-4H3,(H,17,18). The molecule has 21 heavy (non-hydrogen) atoms. The first-order valence-corrected chi connectivity index (χ1v) is 8.71. The lowest BCUT2D eigenvalue weighted by molar-refractivity contribution is -0.138. The maximum Gasteiger partial charge on any atom is 0.304 e. The summed E-state index contributed by atoms with van der Waals surface area (Å²) in [7, 11) is -3.78. The van der Waals surface area contributed by atoms with Crippen molar-refractivity contribution < 1.29 is 18.3 Å². The van der Waals surface area contributed by atoms with Gasteiger partial charge >= 0.3 is 5.97 Å². The summed E-state index contributed by atoms with van der Waals surface area (Å²) in [6.45, 7) is 7.11. The van der Waals surface area contributed by atoms with E-state index in [1.165, 1.54) is 6.07 Å². The summed E-state index contributed by atoms with van der Waals surface area (Å²) < 4.78 is 28.2. The predicted molar refractivity (Wildman–Crippen MR) is 84.7 cm³/mol. The number of rotatable bonds is 5. The van der Waals surface area contributed by atoms with Crippen LogP contribution < -0.4 is 4.72 Å². The molecule has 0 saturated carbocycles. The summed E-state index contributed by atoms with van der Waals surface area (Å²) >= 11 is 3.25. The van der Waals surface area contributed by atoms with E-state index in [0.717, 1.165) is 0 Å². The Morgan fingerprint density at radius 2 is 1.95 bits per heavy atom. The molecule has 0 heterocycles. The normalized spacial score (nSPS) is 14.0. The molecule has 0 radical (unpaired) electrons. The van der Waals surface area contributed by atoms with Gasteiger partial charge in [-0.25, -0.2) is 13.1 Å². The van der Waals surface area contributed by atoms with Gasteiger partial charge in [-0.2, -0.15) is 0 Å². The van der Waals surface area contributed by atoms with Crippen LogP contribution in [0.1, 0.15) is 32.8 Å². The van der Waals surface area contributed by atoms with Gasteiger partial charge in [0.05, 0.1) is 11.3 Å². The van der Waals surface area contributed by atoms with Crippen LogP contribution in [0.2, 0.25) is 0 Å². The van der Waals surface area contributed by atoms with Crippen LogP contribution in [0.4, 0.5) is 0 Å². The molecule has 1 aromatic carbocycles. The molecule has 0 aliphatic carbocycles. The highest BCUT2D eigenvalue weighted by Gasteiger charge is 2.32. The minimum Gasteiger partial charge on any atom is -0.481 e. The molecule has 0 saturated heterocycles. The second-order valence-corrected chi connectivity index (χ2v) is 8.65. The minimum absolute atomic E-state index is 0.150. The van der Waals surface area contributed by atoms with Crippen molar-refractivity contribution in [2.75, 3.05) is 0 Å². The average molecular weight is 378 g/mol. The van der Waals surface area contributed by atoms with Gasteiger partial charge < -0.3 is 5.11 Å². The van der Waals surface area contributed by atoms with Gasteiger partial charge in [0.15, 0.2) is 0 Å². The Balaban J connectivity index is 3.17. The fraction of sp³-hybridized carbons (Fsp3) is 0.500. The van der Waals surface area contributed by atoms with Gasteiger partial charge in [-0.05, 0) is 30.0 Å². The van der Waals surface area contributed by atoms with E-state index in [-0.39, 0.29) is 11.3 Å². The lowest BCUT2D eigenvalue weighted by Gasteiger charge is -2.30. The monoisotopic (exact) mass is 377 g/mol. The van der Waals surface area contributed by atoms with E-state index in [2.05, 4.69) is 20.7 Å². The molecule has 0 bridgehead atoms. The summed E-state index contributed by atoms with van der Waals surface area (Å²) in [5.41, 5.74) is 0.0967. The molecule has 1 aromatic rings. The van der Waals surface area contributed by atoms with Crippen molar-refractivity contribution in [3.8, 4) is 0 Å². The Hall–Kier alpha value is -0.920. The van der Waals surface area contributed by atoms with Crippen LogP contribution in [0.15, 0.2) is 27.6 Å². The molecule has 0 fully saturated rings. The number of hydrogen-bond donors (Lipinski definition) is 2. The highest BCUT2D eigenvalue weighted by Crippen LogP contribution is 2.26. The van der Waals surface area contributed by atoms with Crippen molar-refractivity contribution in [2.45, 2.75) is 45.1 Å². The molecule has 7 heteroatoms. The molecule has 0 aliphatic rings. The van der Waals surface area contributed by atoms with E-state index < -0.39 is 27.4 Å². The molecule has 2 N–H and O–H groups in total. The van der Waals surface area contributed by atoms with E-state index >= 15 is 0 Å². The Bertz CT molecular complexity index is 635. The summed E-state index contributed by atoms with van der Waals surface area (Å²) in [6, 6.07) is 4.27. The Labute approximate surface area is 133 Å². The number of hydrogen-bond acceptors (Lipinski definition) is 3. The second-order valence-electron chi connectivity index (χ2n) is 6.05. The summed E-state index contributed by atoms with van der Waals surface area (Å²) in [6.07, 6.45) is -0.268. The molecular formula is C14H20BrNO4S. The third-order valence-electron chi connectivity index (χ3n) is 3.16. The molecule has 1 rings (SSSR count). The van der Waals surface area contributed by atoms with Crippen molar-refractivity contribution in [3.05, 3.63) is 28.2 Å². The zero-order valence-corrected chi connectivity index (χ0v) is 14.9. The van der Waals surface area contributed by atoms with Crippen LogP contribution in [0.25, 0.3) is 0 Å². The molecule has 0 aliphatic heterocycles. The highest BCUT2D eigenvalue weighted by atomic mass is 79.9. The predicted octanol–water partition coefficient (Wildman–Crippen LogP) is 2.93. The van der Waals surface area contributed by atoms with Crippen LogP contribution in [0.3, 0.4) is 0 Å². The molecule has 5 nitrogen and oxygen atoms in total. The van der Waals surface area contributed by atoms with Gasteiger partial charge in [0.25, 0.3) is 0 Å². The van der Waals surface area contributed by atoms with E-state index in [1.807, 2.05) is 0 Å². The smallest absolute Gasteiger partial charge is 0.304 e. The van der Waals surface area contributed by atoms with Crippen LogP contribution in [0.5, 0.6) is 0 Å². The molecule has 1 atom stereocenters. The highest BCUT2D eigenvalue weighted by molar-refractivity contribution is 9.10. The maximum absolute atomic E-state index is 12.5. The van der Waals surface area contributed by atoms with Gasteiger partial charge in [-0.1, -0.05) is 42.8 Å². The molecule has 0 aromatic heterocycles. The third-order valence-corrected chi connectivity index (χ3v) is 5.27. The zero-order chi connectivity index (χ0) is 16.4. The lowest BCUT2D eigenvalue weighted by Crippen LogP contribution is -2.45. The Morgan fingerprint density at radius 3 is 2.43 bits per heavy atom. The average Bonchev–Trinajstić information content (AvgIpc) is 2.29. The van der Waals surface area contributed by atoms with Crippen molar-refractivity contribution in [1.29, 1.82) is 0 Å². The first kappa shape index (κ1) is 18.1. The van der Waals surface area contributed by atoms with E-state index in [9.17, 15) is 13.2 Å². The van der Waals surface area contributed by atoms with E-state index in [1.54, 1.807) is 39.8 Å². The summed E-state index contributed by atoms with van der Waals surface area (Å²) in [4.78, 5) is 11.1. The SMILES string of the molecule is Cc1ccc(Br)cc1S(=O)(=O)NC(CC(=O)O)C(C)(C)C. The zero-order valence-electron chi connectivity index (χ0n) is 12.5. The number of aryl methyl sites for hydroxylation is 1. The topological polar surface area (TPSA) is 83.5 Å². The number of sulfonamides is 1. The lowest BCUT2D eigenvalue weighted by atomic mass is 9.85. The summed E-state index contributed by atoms with van der Waals surface area (Å²) in [5.74, 6) is -1.04. The maximum atomic E-state index is 12.5. The fourth-order valence-corrected chi connectivity index (χ4v) is 4.04. The van der Waals surface area contributed by atoms with Crippen molar-refractivity contribution >= 4 is 31.9 Å². The first-order valence-electron chi connectivity index (χ1n) is 6.44. The first-order chi connectivity index (χ1) is 9.43. The van der Waals surface area contributed by atoms with Gasteiger partial charge in [0.1, 0.15) is 0 Å². The van der Waals surface area contributed by atoms with Gasteiger partial charge in [-0.3, -0.25) is 4.79 Å². The van der Waals surface area contributed by atoms with Crippen LogP contribution in [-0.2, 0) is 14.8 Å². The number of carboxylic acids is 1. The number of nitrogens with one attached hydrogen (secondary N) is 1. The molecular weight excluding hydrogens is 358 g/mol. The van der Waals surface area contributed by atoms with Crippen LogP contribution in [-0.4, -0.2) is 25.5 Å². The quantitative estimate of drug-likeness (QED) is 0.825. The van der Waals surface area contributed by atoms with E-state index in [0.29, 0.717) is 10.0 Å². The Kier molecular flexibility index (Phi) is 5.57. The molecule has 118 valence electrons. The minimum atomic E-state index is -3.78. The number of halogens is 1. The number of aliphatic carboxylic acids is 1. The number of carbonyl (C=O) groups is 1. The van der Waals surface area contributed by atoms with E-state index in [4.69, 9.17) is 5.11 Å². The van der Waals surface area contributed by atoms with Crippen molar-refractivity contribution in [3.63, 3.8) is 0 Å². The molecule has 0 spiro atoms. The number of carboxylic acid groups (broad SMARTS) is 1. The second kappa shape index (κ2) is 6.46. The van der Waals surface area contributed by atoms with Crippen LogP contribution >= 0.6 is 15.9 Å². The molecule has 1 unspecified atom stereocenters. The largest absolute Gasteiger partial charge is 0.481 e. The van der Waals surface area contributed by atoms with Crippen molar-refractivity contribution in [1.82, 2.24) is 4.72 Å². The van der Waals surface area contributed by atoms with Crippen LogP contribution in [0, 0.1) is 12.3 Å². The third kappa shape index (κ3) is 5.09. The fourth-order valence-electron chi connectivity index (χ4n) is 1.81. The molecule has 0 amide bonds. The number of benzene rings is 1. The van der Waals surface area contributed by atoms with Gasteiger partial charge in [0, 0.05) is 10.5 Å². The Morgan fingerprint density at radius 1 is 1.38 bits per heavy atom. The van der Waals surface area contributed by atoms with Gasteiger partial charge in [0.2, 0.25) is 10.0 Å². The van der Waals surface area contributed by atoms with Gasteiger partial charge in [-0.15, -0.1) is 0 Å².